The van der Waals surface area contributed by atoms with Crippen LogP contribution in [0.4, 0.5) is 11.4 Å². The van der Waals surface area contributed by atoms with E-state index in [1.54, 1.807) is 0 Å². The summed E-state index contributed by atoms with van der Waals surface area (Å²) in [6.45, 7) is 1.79. The zero-order valence-electron chi connectivity index (χ0n) is 17.3. The van der Waals surface area contributed by atoms with Crippen LogP contribution in [0, 0.1) is 5.92 Å². The summed E-state index contributed by atoms with van der Waals surface area (Å²) in [4.78, 5) is 17.0. The second kappa shape index (κ2) is 7.25. The average Bonchev–Trinajstić information content (AvgIpc) is 3.44. The van der Waals surface area contributed by atoms with Gasteiger partial charge in [0.2, 0.25) is 0 Å². The van der Waals surface area contributed by atoms with Crippen LogP contribution >= 0.6 is 0 Å². The van der Waals surface area contributed by atoms with E-state index >= 15 is 0 Å². The van der Waals surface area contributed by atoms with Crippen LogP contribution in [0.5, 0.6) is 0 Å². The van der Waals surface area contributed by atoms with Crippen LogP contribution in [-0.4, -0.2) is 38.0 Å². The Labute approximate surface area is 173 Å². The number of nitrogens with zero attached hydrogens (tertiary/aromatic N) is 2. The largest absolute Gasteiger partial charge is 0.378 e. The summed E-state index contributed by atoms with van der Waals surface area (Å²) in [7, 11) is 4.14. The molecule has 1 fully saturated rings. The fourth-order valence-electron chi connectivity index (χ4n) is 5.14. The van der Waals surface area contributed by atoms with Crippen LogP contribution in [0.2, 0.25) is 0 Å². The fourth-order valence-corrected chi connectivity index (χ4v) is 5.14. The maximum absolute atomic E-state index is 12.9. The summed E-state index contributed by atoms with van der Waals surface area (Å²) < 4.78 is 0. The van der Waals surface area contributed by atoms with E-state index in [0.717, 1.165) is 43.6 Å². The molecule has 150 valence electrons. The number of carbonyl (C=O) groups excluding carboxylic acids is 1. The quantitative estimate of drug-likeness (QED) is 0.768. The first-order valence-electron chi connectivity index (χ1n) is 10.8. The van der Waals surface area contributed by atoms with E-state index < -0.39 is 0 Å². The standard InChI is InChI=1S/C25H29N3O/c1-27(2)19-11-8-17(9-12-19)24-21-7-5-6-20(21)22-16-18(10-13-23(22)26-24)25(29)28-14-3-4-15-28/h5-6,8-13,16,20-21,24,26H,3-4,7,14-15H2,1-2H3. The van der Waals surface area contributed by atoms with Gasteiger partial charge >= 0.3 is 0 Å². The van der Waals surface area contributed by atoms with E-state index in [4.69, 9.17) is 0 Å². The highest BCUT2D eigenvalue weighted by Crippen LogP contribution is 2.50. The van der Waals surface area contributed by atoms with Gasteiger partial charge in [-0.1, -0.05) is 24.3 Å². The van der Waals surface area contributed by atoms with E-state index in [2.05, 4.69) is 72.9 Å². The van der Waals surface area contributed by atoms with Crippen molar-refractivity contribution in [3.8, 4) is 0 Å². The molecule has 4 heteroatoms. The number of nitrogens with one attached hydrogen (secondary N) is 1. The molecule has 0 bridgehead atoms. The minimum atomic E-state index is 0.185. The molecule has 2 aliphatic heterocycles. The molecule has 1 amide bonds. The van der Waals surface area contributed by atoms with Crippen molar-refractivity contribution in [2.75, 3.05) is 37.4 Å². The van der Waals surface area contributed by atoms with Crippen LogP contribution in [0.3, 0.4) is 0 Å². The van der Waals surface area contributed by atoms with Crippen LogP contribution in [0.15, 0.2) is 54.6 Å². The Morgan fingerprint density at radius 2 is 1.83 bits per heavy atom. The van der Waals surface area contributed by atoms with Gasteiger partial charge in [-0.2, -0.15) is 0 Å². The molecule has 0 spiro atoms. The maximum atomic E-state index is 12.9. The number of benzene rings is 2. The summed E-state index contributed by atoms with van der Waals surface area (Å²) >= 11 is 0. The van der Waals surface area contributed by atoms with Crippen molar-refractivity contribution in [3.63, 3.8) is 0 Å². The minimum Gasteiger partial charge on any atom is -0.378 e. The van der Waals surface area contributed by atoms with Crippen molar-refractivity contribution in [1.82, 2.24) is 4.90 Å². The Bertz CT molecular complexity index is 941. The molecule has 29 heavy (non-hydrogen) atoms. The molecule has 2 heterocycles. The third kappa shape index (κ3) is 3.21. The van der Waals surface area contributed by atoms with E-state index in [1.807, 2.05) is 11.0 Å². The summed E-state index contributed by atoms with van der Waals surface area (Å²) in [6.07, 6.45) is 7.97. The van der Waals surface area contributed by atoms with Gasteiger partial charge in [0, 0.05) is 50.0 Å². The van der Waals surface area contributed by atoms with Crippen LogP contribution in [-0.2, 0) is 0 Å². The van der Waals surface area contributed by atoms with Crippen molar-refractivity contribution in [1.29, 1.82) is 0 Å². The van der Waals surface area contributed by atoms with Gasteiger partial charge in [0.1, 0.15) is 0 Å². The lowest BCUT2D eigenvalue weighted by atomic mass is 9.76. The monoisotopic (exact) mass is 387 g/mol. The van der Waals surface area contributed by atoms with Gasteiger partial charge in [0.25, 0.3) is 5.91 Å². The van der Waals surface area contributed by atoms with Gasteiger partial charge < -0.3 is 15.1 Å². The predicted octanol–water partition coefficient (Wildman–Crippen LogP) is 4.82. The number of rotatable bonds is 3. The Hall–Kier alpha value is -2.75. The number of carbonyl (C=O) groups is 1. The smallest absolute Gasteiger partial charge is 0.253 e. The molecule has 3 aliphatic rings. The first-order valence-corrected chi connectivity index (χ1v) is 10.8. The minimum absolute atomic E-state index is 0.185. The lowest BCUT2D eigenvalue weighted by molar-refractivity contribution is 0.0792. The maximum Gasteiger partial charge on any atom is 0.253 e. The molecular weight excluding hydrogens is 358 g/mol. The van der Waals surface area contributed by atoms with Crippen LogP contribution in [0.25, 0.3) is 0 Å². The topological polar surface area (TPSA) is 35.6 Å². The first-order chi connectivity index (χ1) is 14.1. The number of anilines is 2. The summed E-state index contributed by atoms with van der Waals surface area (Å²) in [5.74, 6) is 1.05. The Balaban J connectivity index is 1.46. The highest BCUT2D eigenvalue weighted by Gasteiger charge is 2.38. The predicted molar refractivity (Wildman–Crippen MR) is 119 cm³/mol. The van der Waals surface area contributed by atoms with Crippen molar-refractivity contribution in [2.24, 2.45) is 5.92 Å². The number of fused-ring (bicyclic) bond motifs is 3. The molecule has 3 atom stereocenters. The van der Waals surface area contributed by atoms with Gasteiger partial charge in [-0.15, -0.1) is 0 Å². The molecule has 5 rings (SSSR count). The molecule has 2 aromatic carbocycles. The highest BCUT2D eigenvalue weighted by molar-refractivity contribution is 5.95. The molecule has 1 N–H and O–H groups in total. The Morgan fingerprint density at radius 3 is 2.55 bits per heavy atom. The number of allylic oxidation sites excluding steroid dienone is 2. The molecule has 1 aliphatic carbocycles. The van der Waals surface area contributed by atoms with E-state index in [-0.39, 0.29) is 5.91 Å². The fraction of sp³-hybridized carbons (Fsp3) is 0.400. The second-order valence-electron chi connectivity index (χ2n) is 8.76. The van der Waals surface area contributed by atoms with Crippen molar-refractivity contribution < 1.29 is 4.79 Å². The molecule has 4 nitrogen and oxygen atoms in total. The normalized spacial score (nSPS) is 24.8. The summed E-state index contributed by atoms with van der Waals surface area (Å²) in [5.41, 5.74) is 5.82. The van der Waals surface area contributed by atoms with Crippen LogP contribution < -0.4 is 10.2 Å². The van der Waals surface area contributed by atoms with Gasteiger partial charge in [0.15, 0.2) is 0 Å². The van der Waals surface area contributed by atoms with Crippen molar-refractivity contribution in [2.45, 2.75) is 31.2 Å². The molecule has 0 saturated carbocycles. The first kappa shape index (κ1) is 18.3. The Kier molecular flexibility index (Phi) is 4.57. The van der Waals surface area contributed by atoms with Crippen molar-refractivity contribution >= 4 is 17.3 Å². The number of amides is 1. The molecule has 0 radical (unpaired) electrons. The number of likely N-dealkylation sites (tertiary alicyclic amines) is 1. The summed E-state index contributed by atoms with van der Waals surface area (Å²) in [6, 6.07) is 15.4. The third-order valence-corrected chi connectivity index (χ3v) is 6.77. The van der Waals surface area contributed by atoms with E-state index in [1.165, 1.54) is 16.8 Å². The lowest BCUT2D eigenvalue weighted by Gasteiger charge is -2.38. The zero-order chi connectivity index (χ0) is 20.0. The zero-order valence-corrected chi connectivity index (χ0v) is 17.3. The molecule has 1 saturated heterocycles. The summed E-state index contributed by atoms with van der Waals surface area (Å²) in [5, 5.41) is 3.79. The molecule has 0 aromatic heterocycles. The van der Waals surface area contributed by atoms with E-state index in [9.17, 15) is 4.79 Å². The SMILES string of the molecule is CN(C)c1ccc(C2Nc3ccc(C(=O)N4CCCC4)cc3C3C=CCC32)cc1. The third-order valence-electron chi connectivity index (χ3n) is 6.77. The highest BCUT2D eigenvalue weighted by atomic mass is 16.2. The average molecular weight is 388 g/mol. The van der Waals surface area contributed by atoms with Gasteiger partial charge in [-0.05, 0) is 66.6 Å². The van der Waals surface area contributed by atoms with Gasteiger partial charge in [-0.25, -0.2) is 0 Å². The van der Waals surface area contributed by atoms with E-state index in [0.29, 0.717) is 17.9 Å². The molecule has 3 unspecified atom stereocenters. The molecule has 2 aromatic rings. The Morgan fingerprint density at radius 1 is 1.07 bits per heavy atom. The van der Waals surface area contributed by atoms with Gasteiger partial charge in [0.05, 0.1) is 6.04 Å². The van der Waals surface area contributed by atoms with Gasteiger partial charge in [-0.3, -0.25) is 4.79 Å². The second-order valence-corrected chi connectivity index (χ2v) is 8.76. The number of hydrogen-bond acceptors (Lipinski definition) is 3. The molecular formula is C25H29N3O. The van der Waals surface area contributed by atoms with Crippen LogP contribution in [0.1, 0.15) is 52.7 Å². The lowest BCUT2D eigenvalue weighted by Crippen LogP contribution is -2.30. The van der Waals surface area contributed by atoms with Crippen molar-refractivity contribution in [3.05, 3.63) is 71.3 Å². The number of hydrogen-bond donors (Lipinski definition) is 1.